The topological polar surface area (TPSA) is 58.6 Å². The second-order valence-corrected chi connectivity index (χ2v) is 10.9. The van der Waals surface area contributed by atoms with Gasteiger partial charge < -0.3 is 15.0 Å². The van der Waals surface area contributed by atoms with Gasteiger partial charge in [-0.2, -0.15) is 0 Å². The van der Waals surface area contributed by atoms with E-state index in [-0.39, 0.29) is 25.0 Å². The molecule has 0 aromatic heterocycles. The summed E-state index contributed by atoms with van der Waals surface area (Å²) in [4.78, 5) is 28.8. The van der Waals surface area contributed by atoms with Crippen LogP contribution in [0.25, 0.3) is 0 Å². The fourth-order valence-corrected chi connectivity index (χ4v) is 4.70. The number of carbonyl (C=O) groups excluding carboxylic acids is 2. The number of rotatable bonds is 13. The Hall–Kier alpha value is -2.83. The van der Waals surface area contributed by atoms with Crippen LogP contribution in [-0.4, -0.2) is 35.9 Å². The zero-order valence-corrected chi connectivity index (χ0v) is 24.6. The molecule has 0 radical (unpaired) electrons. The predicted molar refractivity (Wildman–Crippen MR) is 158 cm³/mol. The average molecular weight is 600 g/mol. The maximum absolute atomic E-state index is 13.7. The largest absolute Gasteiger partial charge is 0.483 e. The number of carbonyl (C=O) groups is 2. The number of ether oxygens (including phenoxy) is 1. The molecule has 3 aromatic carbocycles. The highest BCUT2D eigenvalue weighted by atomic mass is 79.9. The molecule has 38 heavy (non-hydrogen) atoms. The highest BCUT2D eigenvalue weighted by Crippen LogP contribution is 2.29. The van der Waals surface area contributed by atoms with Crippen LogP contribution in [0.1, 0.15) is 56.2 Å². The number of hydrogen-bond acceptors (Lipinski definition) is 3. The first-order valence-electron chi connectivity index (χ1n) is 13.1. The van der Waals surface area contributed by atoms with Crippen LogP contribution in [-0.2, 0) is 22.6 Å². The molecular weight excluding hydrogens is 564 g/mol. The lowest BCUT2D eigenvalue weighted by Crippen LogP contribution is -2.51. The molecule has 0 aliphatic carbocycles. The third-order valence-corrected chi connectivity index (χ3v) is 7.21. The van der Waals surface area contributed by atoms with Crippen LogP contribution in [0, 0.1) is 0 Å². The van der Waals surface area contributed by atoms with Gasteiger partial charge in [-0.1, -0.05) is 87.3 Å². The molecule has 1 atom stereocenters. The number of unbranched alkanes of at least 4 members (excludes halogenated alkanes) is 1. The molecule has 7 heteroatoms. The van der Waals surface area contributed by atoms with Gasteiger partial charge in [-0.3, -0.25) is 9.59 Å². The average Bonchev–Trinajstić information content (AvgIpc) is 2.91. The second-order valence-electron chi connectivity index (χ2n) is 9.63. The molecule has 0 unspecified atom stereocenters. The molecule has 1 N–H and O–H groups in total. The minimum Gasteiger partial charge on any atom is -0.483 e. The molecule has 0 spiro atoms. The zero-order valence-electron chi connectivity index (χ0n) is 22.3. The Balaban J connectivity index is 1.88. The van der Waals surface area contributed by atoms with E-state index in [1.807, 2.05) is 60.7 Å². The molecule has 2 amide bonds. The van der Waals surface area contributed by atoms with Crippen LogP contribution < -0.4 is 10.1 Å². The Labute approximate surface area is 239 Å². The molecule has 5 nitrogen and oxygen atoms in total. The standard InChI is InChI=1S/C31H36BrClN2O3/c1-4-5-17-34-31(37)28(18-23-9-7-6-8-10-23)35(20-24-11-14-26(33)15-12-24)30(36)21-38-29-16-13-25(22(2)3)19-27(29)32/h6-16,19,22,28H,4-5,17-18,20-21H2,1-3H3,(H,34,37)/t28-/m1/s1. The van der Waals surface area contributed by atoms with E-state index in [1.165, 1.54) is 5.56 Å². The maximum Gasteiger partial charge on any atom is 0.261 e. The summed E-state index contributed by atoms with van der Waals surface area (Å²) in [5, 5.41) is 3.65. The summed E-state index contributed by atoms with van der Waals surface area (Å²) in [6, 6.07) is 22.3. The highest BCUT2D eigenvalue weighted by molar-refractivity contribution is 9.10. The summed E-state index contributed by atoms with van der Waals surface area (Å²) >= 11 is 9.66. The Morgan fingerprint density at radius 3 is 2.34 bits per heavy atom. The summed E-state index contributed by atoms with van der Waals surface area (Å²) in [7, 11) is 0. The summed E-state index contributed by atoms with van der Waals surface area (Å²) in [5.74, 6) is 0.515. The van der Waals surface area contributed by atoms with Gasteiger partial charge in [0.25, 0.3) is 5.91 Å². The van der Waals surface area contributed by atoms with Crippen LogP contribution in [0.2, 0.25) is 5.02 Å². The van der Waals surface area contributed by atoms with E-state index in [9.17, 15) is 9.59 Å². The van der Waals surface area contributed by atoms with Gasteiger partial charge >= 0.3 is 0 Å². The van der Waals surface area contributed by atoms with Crippen LogP contribution in [0.3, 0.4) is 0 Å². The lowest BCUT2D eigenvalue weighted by atomic mass is 10.0. The Bertz CT molecular complexity index is 1190. The third kappa shape index (κ3) is 8.88. The van der Waals surface area contributed by atoms with E-state index >= 15 is 0 Å². The van der Waals surface area contributed by atoms with E-state index in [0.29, 0.717) is 29.7 Å². The normalized spacial score (nSPS) is 11.7. The van der Waals surface area contributed by atoms with Gasteiger partial charge in [0.1, 0.15) is 11.8 Å². The van der Waals surface area contributed by atoms with Crippen LogP contribution in [0.5, 0.6) is 5.75 Å². The molecule has 3 aromatic rings. The first kappa shape index (κ1) is 29.7. The number of halogens is 2. The Morgan fingerprint density at radius 1 is 1.00 bits per heavy atom. The summed E-state index contributed by atoms with van der Waals surface area (Å²) in [5.41, 5.74) is 3.03. The van der Waals surface area contributed by atoms with Gasteiger partial charge in [-0.25, -0.2) is 0 Å². The van der Waals surface area contributed by atoms with E-state index in [1.54, 1.807) is 17.0 Å². The van der Waals surface area contributed by atoms with Crippen LogP contribution >= 0.6 is 27.5 Å². The molecule has 3 rings (SSSR count). The SMILES string of the molecule is CCCCNC(=O)[C@@H](Cc1ccccc1)N(Cc1ccc(Cl)cc1)C(=O)COc1ccc(C(C)C)cc1Br. The molecule has 0 bridgehead atoms. The highest BCUT2D eigenvalue weighted by Gasteiger charge is 2.30. The molecule has 0 heterocycles. The van der Waals surface area contributed by atoms with Crippen molar-refractivity contribution in [1.29, 1.82) is 0 Å². The smallest absolute Gasteiger partial charge is 0.261 e. The van der Waals surface area contributed by atoms with Crippen molar-refractivity contribution < 1.29 is 14.3 Å². The molecule has 0 fully saturated rings. The van der Waals surface area contributed by atoms with Crippen LogP contribution in [0.15, 0.2) is 77.3 Å². The molecule has 0 aliphatic heterocycles. The number of nitrogens with zero attached hydrogens (tertiary/aromatic N) is 1. The molecule has 0 aliphatic rings. The van der Waals surface area contributed by atoms with Crippen molar-refractivity contribution in [3.05, 3.63) is 99.0 Å². The van der Waals surface area contributed by atoms with Gasteiger partial charge in [0.05, 0.1) is 4.47 Å². The Morgan fingerprint density at radius 2 is 1.71 bits per heavy atom. The van der Waals surface area contributed by atoms with Gasteiger partial charge in [0.2, 0.25) is 5.91 Å². The number of benzene rings is 3. The first-order valence-corrected chi connectivity index (χ1v) is 14.2. The summed E-state index contributed by atoms with van der Waals surface area (Å²) in [6.07, 6.45) is 2.23. The van der Waals surface area contributed by atoms with Gasteiger partial charge in [0, 0.05) is 24.5 Å². The molecule has 0 saturated heterocycles. The number of amides is 2. The fourth-order valence-electron chi connectivity index (χ4n) is 4.06. The fraction of sp³-hybridized carbons (Fsp3) is 0.355. The minimum absolute atomic E-state index is 0.174. The second kappa shape index (κ2) is 14.9. The van der Waals surface area contributed by atoms with Gasteiger partial charge in [0.15, 0.2) is 6.61 Å². The van der Waals surface area contributed by atoms with Crippen molar-refractivity contribution in [3.8, 4) is 5.75 Å². The van der Waals surface area contributed by atoms with Crippen molar-refractivity contribution in [3.63, 3.8) is 0 Å². The maximum atomic E-state index is 13.7. The molecular formula is C31H36BrClN2O3. The van der Waals surface area contributed by atoms with E-state index in [4.69, 9.17) is 16.3 Å². The van der Waals surface area contributed by atoms with Gasteiger partial charge in [-0.15, -0.1) is 0 Å². The van der Waals surface area contributed by atoms with Crippen LogP contribution in [0.4, 0.5) is 0 Å². The van der Waals surface area contributed by atoms with Crippen molar-refractivity contribution in [2.75, 3.05) is 13.2 Å². The number of hydrogen-bond donors (Lipinski definition) is 1. The minimum atomic E-state index is -0.701. The lowest BCUT2D eigenvalue weighted by molar-refractivity contribution is -0.142. The quantitative estimate of drug-likeness (QED) is 0.212. The first-order chi connectivity index (χ1) is 18.3. The third-order valence-electron chi connectivity index (χ3n) is 6.34. The van der Waals surface area contributed by atoms with Crippen molar-refractivity contribution in [1.82, 2.24) is 10.2 Å². The van der Waals surface area contributed by atoms with Crippen molar-refractivity contribution in [2.24, 2.45) is 0 Å². The van der Waals surface area contributed by atoms with Crippen molar-refractivity contribution >= 4 is 39.3 Å². The molecule has 0 saturated carbocycles. The Kier molecular flexibility index (Phi) is 11.7. The van der Waals surface area contributed by atoms with Crippen molar-refractivity contribution in [2.45, 2.75) is 58.5 Å². The van der Waals surface area contributed by atoms with Gasteiger partial charge in [-0.05, 0) is 69.2 Å². The monoisotopic (exact) mass is 598 g/mol. The van der Waals surface area contributed by atoms with E-state index in [0.717, 1.165) is 28.4 Å². The number of nitrogens with one attached hydrogen (secondary N) is 1. The molecule has 202 valence electrons. The summed E-state index contributed by atoms with van der Waals surface area (Å²) < 4.78 is 6.75. The van der Waals surface area contributed by atoms with E-state index in [2.05, 4.69) is 42.0 Å². The summed E-state index contributed by atoms with van der Waals surface area (Å²) in [6.45, 7) is 6.95. The van der Waals surface area contributed by atoms with E-state index < -0.39 is 6.04 Å². The predicted octanol–water partition coefficient (Wildman–Crippen LogP) is 7.16. The lowest BCUT2D eigenvalue weighted by Gasteiger charge is -2.31. The zero-order chi connectivity index (χ0) is 27.5.